The molecule has 6 heteroatoms. The summed E-state index contributed by atoms with van der Waals surface area (Å²) in [6.07, 6.45) is 2.75. The summed E-state index contributed by atoms with van der Waals surface area (Å²) in [5.74, 6) is 0.871. The number of aromatic nitrogens is 1. The molecule has 1 aliphatic rings. The lowest BCUT2D eigenvalue weighted by molar-refractivity contribution is -0.130. The van der Waals surface area contributed by atoms with Gasteiger partial charge in [0.15, 0.2) is 11.5 Å². The Morgan fingerprint density at radius 1 is 1.20 bits per heavy atom. The van der Waals surface area contributed by atoms with Gasteiger partial charge in [0.2, 0.25) is 6.10 Å². The molecule has 4 rings (SSSR count). The minimum atomic E-state index is -0.737. The van der Waals surface area contributed by atoms with E-state index < -0.39 is 6.10 Å². The predicted molar refractivity (Wildman–Crippen MR) is 95.0 cm³/mol. The summed E-state index contributed by atoms with van der Waals surface area (Å²) in [7, 11) is 1.91. The van der Waals surface area contributed by atoms with E-state index in [1.807, 2.05) is 66.3 Å². The Balaban J connectivity index is 1.46. The van der Waals surface area contributed by atoms with E-state index in [1.165, 1.54) is 0 Å². The number of benzene rings is 2. The van der Waals surface area contributed by atoms with Gasteiger partial charge in [-0.3, -0.25) is 4.79 Å². The molecule has 3 aromatic rings. The van der Waals surface area contributed by atoms with E-state index >= 15 is 0 Å². The molecular formula is C19H17N3O3. The van der Waals surface area contributed by atoms with Crippen LogP contribution in [0.5, 0.6) is 11.5 Å². The van der Waals surface area contributed by atoms with Crippen LogP contribution in [0.4, 0.5) is 0 Å². The lowest BCUT2D eigenvalue weighted by atomic mass is 10.1. The maximum atomic E-state index is 12.2. The van der Waals surface area contributed by atoms with Crippen molar-refractivity contribution in [1.29, 1.82) is 0 Å². The van der Waals surface area contributed by atoms with Gasteiger partial charge in [-0.15, -0.1) is 0 Å². The molecule has 126 valence electrons. The third kappa shape index (κ3) is 3.06. The number of hydrogen-bond acceptors (Lipinski definition) is 4. The Bertz CT molecular complexity index is 961. The molecule has 6 nitrogen and oxygen atoms in total. The van der Waals surface area contributed by atoms with Gasteiger partial charge in [-0.1, -0.05) is 24.3 Å². The largest absolute Gasteiger partial charge is 0.485 e. The highest BCUT2D eigenvalue weighted by Crippen LogP contribution is 2.35. The highest BCUT2D eigenvalue weighted by molar-refractivity contribution is 5.87. The molecule has 0 radical (unpaired) electrons. The van der Waals surface area contributed by atoms with Gasteiger partial charge in [0.25, 0.3) is 5.91 Å². The number of nitrogens with zero attached hydrogens (tertiary/aromatic N) is 2. The summed E-state index contributed by atoms with van der Waals surface area (Å²) < 4.78 is 13.4. The van der Waals surface area contributed by atoms with Crippen LogP contribution in [0.1, 0.15) is 5.69 Å². The van der Waals surface area contributed by atoms with Crippen LogP contribution in [0.3, 0.4) is 0 Å². The van der Waals surface area contributed by atoms with Crippen molar-refractivity contribution in [2.45, 2.75) is 6.10 Å². The number of nitrogens with one attached hydrogen (secondary N) is 1. The molecule has 0 spiro atoms. The molecular weight excluding hydrogens is 318 g/mol. The number of fused-ring (bicyclic) bond motifs is 2. The molecule has 0 bridgehead atoms. The first kappa shape index (κ1) is 15.3. The van der Waals surface area contributed by atoms with Crippen molar-refractivity contribution < 1.29 is 14.3 Å². The third-order valence-electron chi connectivity index (χ3n) is 4.12. The van der Waals surface area contributed by atoms with Crippen molar-refractivity contribution in [2.24, 2.45) is 12.1 Å². The molecule has 2 heterocycles. The molecule has 25 heavy (non-hydrogen) atoms. The van der Waals surface area contributed by atoms with Gasteiger partial charge < -0.3 is 14.0 Å². The molecule has 1 N–H and O–H groups in total. The fraction of sp³-hybridized carbons (Fsp3) is 0.158. The number of ether oxygens (including phenoxy) is 2. The first-order chi connectivity index (χ1) is 12.2. The van der Waals surface area contributed by atoms with Crippen LogP contribution in [0, 0.1) is 0 Å². The minimum absolute atomic E-state index is 0.150. The highest BCUT2D eigenvalue weighted by Gasteiger charge is 2.27. The molecule has 1 aromatic heterocycles. The van der Waals surface area contributed by atoms with Crippen molar-refractivity contribution in [1.82, 2.24) is 9.99 Å². The average molecular weight is 335 g/mol. The van der Waals surface area contributed by atoms with Crippen molar-refractivity contribution in [2.75, 3.05) is 6.61 Å². The molecule has 2 aromatic carbocycles. The van der Waals surface area contributed by atoms with Crippen LogP contribution in [0.2, 0.25) is 0 Å². The van der Waals surface area contributed by atoms with Crippen molar-refractivity contribution in [3.8, 4) is 11.5 Å². The van der Waals surface area contributed by atoms with Gasteiger partial charge in [0, 0.05) is 13.2 Å². The van der Waals surface area contributed by atoms with Gasteiger partial charge in [-0.25, -0.2) is 5.43 Å². The molecule has 0 aliphatic carbocycles. The smallest absolute Gasteiger partial charge is 0.284 e. The van der Waals surface area contributed by atoms with Crippen molar-refractivity contribution in [3.05, 3.63) is 60.4 Å². The number of aryl methyl sites for hydroxylation is 1. The Labute approximate surface area is 144 Å². The number of carbonyl (C=O) groups excluding carboxylic acids is 1. The summed E-state index contributed by atoms with van der Waals surface area (Å²) in [5, 5.41) is 6.08. The Morgan fingerprint density at radius 3 is 2.68 bits per heavy atom. The maximum Gasteiger partial charge on any atom is 0.284 e. The summed E-state index contributed by atoms with van der Waals surface area (Å²) in [6.45, 7) is 0.150. The Kier molecular flexibility index (Phi) is 3.85. The average Bonchev–Trinajstić information content (AvgIpc) is 3.04. The van der Waals surface area contributed by atoms with Crippen molar-refractivity contribution >= 4 is 22.9 Å². The molecule has 1 atom stereocenters. The lowest BCUT2D eigenvalue weighted by Crippen LogP contribution is -2.42. The zero-order valence-corrected chi connectivity index (χ0v) is 13.7. The topological polar surface area (TPSA) is 64.9 Å². The number of rotatable bonds is 3. The van der Waals surface area contributed by atoms with E-state index in [0.717, 1.165) is 16.5 Å². The standard InChI is InChI=1S/C19H17N3O3/c1-22-8-4-7-15(22)11-20-21-19(23)18-12-24-16-9-13-5-2-3-6-14(13)10-17(16)25-18/h2-11,18H,12H2,1H3,(H,21,23)/t18-/m0/s1. The second-order valence-corrected chi connectivity index (χ2v) is 5.84. The molecule has 1 amide bonds. The van der Waals surface area contributed by atoms with Gasteiger partial charge in [0.05, 0.1) is 11.9 Å². The molecule has 0 fully saturated rings. The summed E-state index contributed by atoms with van der Waals surface area (Å²) in [5.41, 5.74) is 3.38. The summed E-state index contributed by atoms with van der Waals surface area (Å²) >= 11 is 0. The fourth-order valence-corrected chi connectivity index (χ4v) is 2.73. The van der Waals surface area contributed by atoms with Gasteiger partial charge in [-0.05, 0) is 35.0 Å². The van der Waals surface area contributed by atoms with Crippen LogP contribution >= 0.6 is 0 Å². The van der Waals surface area contributed by atoms with E-state index in [1.54, 1.807) is 6.21 Å². The van der Waals surface area contributed by atoms with Crippen molar-refractivity contribution in [3.63, 3.8) is 0 Å². The Hall–Kier alpha value is -3.28. The van der Waals surface area contributed by atoms with E-state index in [0.29, 0.717) is 11.5 Å². The quantitative estimate of drug-likeness (QED) is 0.591. The lowest BCUT2D eigenvalue weighted by Gasteiger charge is -2.25. The Morgan fingerprint density at radius 2 is 1.96 bits per heavy atom. The van der Waals surface area contributed by atoms with Crippen LogP contribution in [-0.4, -0.2) is 29.4 Å². The van der Waals surface area contributed by atoms with Gasteiger partial charge >= 0.3 is 0 Å². The van der Waals surface area contributed by atoms with Crippen LogP contribution in [0.15, 0.2) is 59.8 Å². The first-order valence-electron chi connectivity index (χ1n) is 7.97. The van der Waals surface area contributed by atoms with E-state index in [2.05, 4.69) is 10.5 Å². The first-order valence-corrected chi connectivity index (χ1v) is 7.97. The third-order valence-corrected chi connectivity index (χ3v) is 4.12. The predicted octanol–water partition coefficient (Wildman–Crippen LogP) is 2.47. The maximum absolute atomic E-state index is 12.2. The fourth-order valence-electron chi connectivity index (χ4n) is 2.73. The van der Waals surface area contributed by atoms with Crippen LogP contribution < -0.4 is 14.9 Å². The number of hydrogen-bond donors (Lipinski definition) is 1. The number of carbonyl (C=O) groups is 1. The second-order valence-electron chi connectivity index (χ2n) is 5.84. The summed E-state index contributed by atoms with van der Waals surface area (Å²) in [4.78, 5) is 12.2. The van der Waals surface area contributed by atoms with E-state index in [9.17, 15) is 4.79 Å². The summed E-state index contributed by atoms with van der Waals surface area (Å²) in [6, 6.07) is 15.5. The SMILES string of the molecule is Cn1cccc1C=NNC(=O)[C@@H]1COc2cc3ccccc3cc2O1. The molecule has 0 saturated carbocycles. The number of amides is 1. The number of hydrazone groups is 1. The second kappa shape index (κ2) is 6.32. The zero-order valence-electron chi connectivity index (χ0n) is 13.7. The van der Waals surface area contributed by atoms with Gasteiger partial charge in [0.1, 0.15) is 6.61 Å². The monoisotopic (exact) mass is 335 g/mol. The van der Waals surface area contributed by atoms with Gasteiger partial charge in [-0.2, -0.15) is 5.10 Å². The van der Waals surface area contributed by atoms with Crippen LogP contribution in [-0.2, 0) is 11.8 Å². The molecule has 0 unspecified atom stereocenters. The zero-order chi connectivity index (χ0) is 17.2. The van der Waals surface area contributed by atoms with E-state index in [4.69, 9.17) is 9.47 Å². The van der Waals surface area contributed by atoms with Crippen LogP contribution in [0.25, 0.3) is 10.8 Å². The molecule has 0 saturated heterocycles. The normalized spacial score (nSPS) is 16.3. The van der Waals surface area contributed by atoms with E-state index in [-0.39, 0.29) is 12.5 Å². The minimum Gasteiger partial charge on any atom is -0.485 e. The molecule has 1 aliphatic heterocycles. The highest BCUT2D eigenvalue weighted by atomic mass is 16.6.